The summed E-state index contributed by atoms with van der Waals surface area (Å²) >= 11 is 0. The highest BCUT2D eigenvalue weighted by Crippen LogP contribution is 2.35. The van der Waals surface area contributed by atoms with Gasteiger partial charge in [-0.15, -0.1) is 0 Å². The second-order valence-electron chi connectivity index (χ2n) is 10.8. The molecule has 4 rings (SSSR count). The third kappa shape index (κ3) is 6.46. The summed E-state index contributed by atoms with van der Waals surface area (Å²) in [6.07, 6.45) is 5.90. The van der Waals surface area contributed by atoms with Gasteiger partial charge in [-0.2, -0.15) is 0 Å². The van der Waals surface area contributed by atoms with Crippen molar-refractivity contribution in [1.82, 2.24) is 15.2 Å². The molecule has 0 aliphatic heterocycles. The molecule has 0 saturated carbocycles. The van der Waals surface area contributed by atoms with Crippen molar-refractivity contribution in [2.24, 2.45) is 5.92 Å². The summed E-state index contributed by atoms with van der Waals surface area (Å²) in [7, 11) is 0. The maximum Gasteiger partial charge on any atom is 0.231 e. The second kappa shape index (κ2) is 12.2. The first-order valence-electron chi connectivity index (χ1n) is 13.5. The van der Waals surface area contributed by atoms with Gasteiger partial charge in [-0.1, -0.05) is 60.7 Å². The number of carbonyl (C=O) groups excluding carboxylic acids is 2. The summed E-state index contributed by atoms with van der Waals surface area (Å²) in [6, 6.07) is 22.5. The fourth-order valence-corrected chi connectivity index (χ4v) is 5.85. The van der Waals surface area contributed by atoms with Crippen LogP contribution in [0.1, 0.15) is 68.2 Å². The molecule has 0 bridgehead atoms. The van der Waals surface area contributed by atoms with E-state index < -0.39 is 5.92 Å². The average molecular weight is 498 g/mol. The number of hydrogen-bond donors (Lipinski definition) is 1. The van der Waals surface area contributed by atoms with Gasteiger partial charge in [-0.25, -0.2) is 0 Å². The molecule has 1 aliphatic rings. The third-order valence-corrected chi connectivity index (χ3v) is 7.44. The van der Waals surface area contributed by atoms with Gasteiger partial charge >= 0.3 is 0 Å². The Hall–Kier alpha value is -3.47. The molecule has 2 unspecified atom stereocenters. The molecule has 0 radical (unpaired) electrons. The van der Waals surface area contributed by atoms with Crippen molar-refractivity contribution in [3.05, 3.63) is 101 Å². The van der Waals surface area contributed by atoms with Gasteiger partial charge in [0.25, 0.3) is 0 Å². The van der Waals surface area contributed by atoms with Crippen molar-refractivity contribution in [3.8, 4) is 0 Å². The van der Waals surface area contributed by atoms with E-state index >= 15 is 0 Å². The van der Waals surface area contributed by atoms with E-state index in [1.54, 1.807) is 12.4 Å². The molecule has 1 aromatic heterocycles. The molecule has 194 valence electrons. The van der Waals surface area contributed by atoms with Gasteiger partial charge < -0.3 is 10.2 Å². The number of fused-ring (bicyclic) bond motifs is 1. The van der Waals surface area contributed by atoms with Crippen molar-refractivity contribution >= 4 is 11.8 Å². The molecule has 5 nitrogen and oxygen atoms in total. The number of amides is 2. The van der Waals surface area contributed by atoms with Gasteiger partial charge in [0.1, 0.15) is 0 Å². The lowest BCUT2D eigenvalue weighted by Gasteiger charge is -2.37. The highest BCUT2D eigenvalue weighted by Gasteiger charge is 2.36. The summed E-state index contributed by atoms with van der Waals surface area (Å²) in [6.45, 7) is 8.60. The van der Waals surface area contributed by atoms with Crippen LogP contribution in [0.2, 0.25) is 0 Å². The molecule has 0 spiro atoms. The zero-order chi connectivity index (χ0) is 26.4. The first kappa shape index (κ1) is 26.6. The number of carbonyl (C=O) groups is 2. The quantitative estimate of drug-likeness (QED) is 0.401. The number of rotatable bonds is 10. The maximum absolute atomic E-state index is 14.2. The Bertz CT molecular complexity index is 1140. The van der Waals surface area contributed by atoms with E-state index in [0.717, 1.165) is 24.0 Å². The van der Waals surface area contributed by atoms with Crippen LogP contribution in [-0.4, -0.2) is 40.3 Å². The Morgan fingerprint density at radius 2 is 1.46 bits per heavy atom. The van der Waals surface area contributed by atoms with E-state index in [0.29, 0.717) is 18.9 Å². The third-order valence-electron chi connectivity index (χ3n) is 7.44. The van der Waals surface area contributed by atoms with Crippen LogP contribution in [0.5, 0.6) is 0 Å². The zero-order valence-corrected chi connectivity index (χ0v) is 22.4. The summed E-state index contributed by atoms with van der Waals surface area (Å²) in [5.41, 5.74) is 4.61. The van der Waals surface area contributed by atoms with Gasteiger partial charge in [-0.3, -0.25) is 14.6 Å². The van der Waals surface area contributed by atoms with Gasteiger partial charge in [0.2, 0.25) is 11.8 Å². The monoisotopic (exact) mass is 497 g/mol. The number of benzene rings is 2. The number of pyridine rings is 1. The van der Waals surface area contributed by atoms with E-state index in [-0.39, 0.29) is 29.8 Å². The molecule has 0 fully saturated rings. The highest BCUT2D eigenvalue weighted by atomic mass is 16.2. The SMILES string of the molecule is CC(C)N(C(=O)C(c1cccnc1)C(CNC(=O)CC1Cc2ccccc2C1)c1ccccc1)C(C)C. The Morgan fingerprint density at radius 1 is 0.865 bits per heavy atom. The lowest BCUT2D eigenvalue weighted by molar-refractivity contribution is -0.137. The number of nitrogens with one attached hydrogen (secondary N) is 1. The van der Waals surface area contributed by atoms with Gasteiger partial charge in [-0.05, 0) is 74.8 Å². The lowest BCUT2D eigenvalue weighted by atomic mass is 9.80. The molecule has 0 saturated heterocycles. The highest BCUT2D eigenvalue weighted by molar-refractivity contribution is 5.86. The molecule has 5 heteroatoms. The topological polar surface area (TPSA) is 62.3 Å². The Kier molecular flexibility index (Phi) is 8.75. The van der Waals surface area contributed by atoms with Crippen LogP contribution in [0.4, 0.5) is 0 Å². The first-order chi connectivity index (χ1) is 17.8. The lowest BCUT2D eigenvalue weighted by Crippen LogP contribution is -2.47. The van der Waals surface area contributed by atoms with E-state index in [2.05, 4.69) is 74.4 Å². The average Bonchev–Trinajstić information content (AvgIpc) is 3.29. The predicted octanol–water partition coefficient (Wildman–Crippen LogP) is 5.52. The molecule has 1 aliphatic carbocycles. The van der Waals surface area contributed by atoms with Crippen LogP contribution in [0.15, 0.2) is 79.1 Å². The van der Waals surface area contributed by atoms with Crippen molar-refractivity contribution < 1.29 is 9.59 Å². The van der Waals surface area contributed by atoms with Crippen LogP contribution in [0, 0.1) is 5.92 Å². The standard InChI is InChI=1S/C32H39N3O2/c1-22(2)35(23(3)4)32(37)31(28-15-10-16-33-20-28)29(25-11-6-5-7-12-25)21-34-30(36)19-24-17-26-13-8-9-14-27(26)18-24/h5-16,20,22-24,29,31H,17-19,21H2,1-4H3,(H,34,36). The van der Waals surface area contributed by atoms with Crippen LogP contribution < -0.4 is 5.32 Å². The summed E-state index contributed by atoms with van der Waals surface area (Å²) in [5.74, 6) is -0.256. The minimum absolute atomic E-state index is 0.0423. The fraction of sp³-hybridized carbons (Fsp3) is 0.406. The van der Waals surface area contributed by atoms with Crippen molar-refractivity contribution in [2.45, 2.75) is 70.9 Å². The fourth-order valence-electron chi connectivity index (χ4n) is 5.85. The Balaban J connectivity index is 1.58. The van der Waals surface area contributed by atoms with E-state index in [1.807, 2.05) is 35.2 Å². The van der Waals surface area contributed by atoms with Crippen LogP contribution in [-0.2, 0) is 22.4 Å². The molecular formula is C32H39N3O2. The summed E-state index contributed by atoms with van der Waals surface area (Å²) in [5, 5.41) is 3.21. The molecule has 2 aromatic carbocycles. The van der Waals surface area contributed by atoms with Gasteiger partial charge in [0.05, 0.1) is 5.92 Å². The smallest absolute Gasteiger partial charge is 0.231 e. The summed E-state index contributed by atoms with van der Waals surface area (Å²) < 4.78 is 0. The normalized spacial score (nSPS) is 14.9. The van der Waals surface area contributed by atoms with E-state index in [1.165, 1.54) is 11.1 Å². The Labute approximate surface area is 221 Å². The van der Waals surface area contributed by atoms with Gasteiger partial charge in [0.15, 0.2) is 0 Å². The molecule has 2 atom stereocenters. The minimum atomic E-state index is -0.461. The molecule has 37 heavy (non-hydrogen) atoms. The zero-order valence-electron chi connectivity index (χ0n) is 22.4. The molecule has 1 N–H and O–H groups in total. The first-order valence-corrected chi connectivity index (χ1v) is 13.5. The van der Waals surface area contributed by atoms with Crippen LogP contribution in [0.25, 0.3) is 0 Å². The second-order valence-corrected chi connectivity index (χ2v) is 10.8. The maximum atomic E-state index is 14.2. The summed E-state index contributed by atoms with van der Waals surface area (Å²) in [4.78, 5) is 33.6. The number of aromatic nitrogens is 1. The number of hydrogen-bond acceptors (Lipinski definition) is 3. The Morgan fingerprint density at radius 3 is 2.03 bits per heavy atom. The molecule has 1 heterocycles. The van der Waals surface area contributed by atoms with Crippen LogP contribution >= 0.6 is 0 Å². The minimum Gasteiger partial charge on any atom is -0.355 e. The molecule has 2 amide bonds. The van der Waals surface area contributed by atoms with E-state index in [4.69, 9.17) is 0 Å². The van der Waals surface area contributed by atoms with Crippen molar-refractivity contribution in [3.63, 3.8) is 0 Å². The number of nitrogens with zero attached hydrogens (tertiary/aromatic N) is 2. The van der Waals surface area contributed by atoms with Crippen LogP contribution in [0.3, 0.4) is 0 Å². The van der Waals surface area contributed by atoms with E-state index in [9.17, 15) is 9.59 Å². The molecular weight excluding hydrogens is 458 g/mol. The van der Waals surface area contributed by atoms with Gasteiger partial charge in [0, 0.05) is 43.4 Å². The largest absolute Gasteiger partial charge is 0.355 e. The predicted molar refractivity (Wildman–Crippen MR) is 148 cm³/mol. The van der Waals surface area contributed by atoms with Crippen molar-refractivity contribution in [2.75, 3.05) is 6.54 Å². The molecule has 3 aromatic rings. The van der Waals surface area contributed by atoms with Crippen molar-refractivity contribution in [1.29, 1.82) is 0 Å².